The summed E-state index contributed by atoms with van der Waals surface area (Å²) in [7, 11) is 3.26. The summed E-state index contributed by atoms with van der Waals surface area (Å²) in [6.45, 7) is 0. The maximum Gasteiger partial charge on any atom is 0.254 e. The number of methoxy groups -OCH3 is 1. The molecule has 0 bridgehead atoms. The topological polar surface area (TPSA) is 58.6 Å². The van der Waals surface area contributed by atoms with E-state index in [4.69, 9.17) is 16.3 Å². The minimum atomic E-state index is -0.684. The number of ether oxygens (including phenoxy) is 1. The molecule has 0 aliphatic carbocycles. The number of hydrogen-bond acceptors (Lipinski definition) is 3. The van der Waals surface area contributed by atoms with E-state index in [1.807, 2.05) is 12.1 Å². The molecule has 3 aromatic rings. The van der Waals surface area contributed by atoms with Gasteiger partial charge in [-0.25, -0.2) is 4.39 Å². The SMILES string of the molecule is COc1ccc(C2C(C(=O)Nc3ccc(F)c(Cl)c3)c3ccccc3C(=O)N2C)cc1. The van der Waals surface area contributed by atoms with Crippen LogP contribution in [0.2, 0.25) is 5.02 Å². The lowest BCUT2D eigenvalue weighted by atomic mass is 9.79. The van der Waals surface area contributed by atoms with Crippen molar-refractivity contribution < 1.29 is 18.7 Å². The van der Waals surface area contributed by atoms with E-state index >= 15 is 0 Å². The minimum Gasteiger partial charge on any atom is -0.497 e. The number of likely N-dealkylation sites (N-methyl/N-ethyl adjacent to an activating group) is 1. The fraction of sp³-hybridized carbons (Fsp3) is 0.167. The van der Waals surface area contributed by atoms with Crippen LogP contribution in [0.3, 0.4) is 0 Å². The van der Waals surface area contributed by atoms with Crippen molar-refractivity contribution in [3.8, 4) is 5.75 Å². The van der Waals surface area contributed by atoms with Crippen LogP contribution in [-0.4, -0.2) is 30.9 Å². The van der Waals surface area contributed by atoms with Crippen molar-refractivity contribution in [1.82, 2.24) is 4.90 Å². The van der Waals surface area contributed by atoms with Gasteiger partial charge in [0, 0.05) is 18.3 Å². The summed E-state index contributed by atoms with van der Waals surface area (Å²) in [5, 5.41) is 2.74. The molecule has 5 nitrogen and oxygen atoms in total. The zero-order valence-corrected chi connectivity index (χ0v) is 17.7. The second-order valence-corrected chi connectivity index (χ2v) is 7.72. The third kappa shape index (κ3) is 3.86. The number of hydrogen-bond donors (Lipinski definition) is 1. The number of amides is 2. The lowest BCUT2D eigenvalue weighted by Gasteiger charge is -2.39. The number of nitrogens with one attached hydrogen (secondary N) is 1. The predicted octanol–water partition coefficient (Wildman–Crippen LogP) is 5.04. The smallest absolute Gasteiger partial charge is 0.254 e. The van der Waals surface area contributed by atoms with E-state index in [1.165, 1.54) is 18.2 Å². The molecule has 0 saturated carbocycles. The first kappa shape index (κ1) is 20.9. The molecular formula is C24H20ClFN2O3. The van der Waals surface area contributed by atoms with Gasteiger partial charge in [-0.1, -0.05) is 41.9 Å². The lowest BCUT2D eigenvalue weighted by molar-refractivity contribution is -0.119. The molecule has 2 amide bonds. The Kier molecular flexibility index (Phi) is 5.65. The highest BCUT2D eigenvalue weighted by Gasteiger charge is 2.42. The molecule has 7 heteroatoms. The van der Waals surface area contributed by atoms with Gasteiger partial charge in [0.2, 0.25) is 5.91 Å². The van der Waals surface area contributed by atoms with E-state index in [1.54, 1.807) is 55.5 Å². The van der Waals surface area contributed by atoms with Gasteiger partial charge in [-0.2, -0.15) is 0 Å². The molecule has 3 aromatic carbocycles. The molecule has 0 saturated heterocycles. The average molecular weight is 439 g/mol. The Hall–Kier alpha value is -3.38. The predicted molar refractivity (Wildman–Crippen MR) is 117 cm³/mol. The second kappa shape index (κ2) is 8.40. The summed E-state index contributed by atoms with van der Waals surface area (Å²) in [5.74, 6) is -1.06. The highest BCUT2D eigenvalue weighted by Crippen LogP contribution is 2.42. The van der Waals surface area contributed by atoms with E-state index in [0.717, 1.165) is 5.56 Å². The highest BCUT2D eigenvalue weighted by molar-refractivity contribution is 6.31. The van der Waals surface area contributed by atoms with Crippen molar-refractivity contribution in [3.63, 3.8) is 0 Å². The number of carbonyl (C=O) groups excluding carboxylic acids is 2. The van der Waals surface area contributed by atoms with Crippen LogP contribution >= 0.6 is 11.6 Å². The summed E-state index contributed by atoms with van der Waals surface area (Å²) in [4.78, 5) is 28.1. The average Bonchev–Trinajstić information content (AvgIpc) is 2.78. The van der Waals surface area contributed by atoms with E-state index in [2.05, 4.69) is 5.32 Å². The minimum absolute atomic E-state index is 0.0826. The van der Waals surface area contributed by atoms with Gasteiger partial charge in [0.15, 0.2) is 0 Å². The Morgan fingerprint density at radius 2 is 1.81 bits per heavy atom. The molecular weight excluding hydrogens is 419 g/mol. The summed E-state index contributed by atoms with van der Waals surface area (Å²) in [6, 6.07) is 17.8. The number of carbonyl (C=O) groups is 2. The second-order valence-electron chi connectivity index (χ2n) is 7.32. The first-order valence-corrected chi connectivity index (χ1v) is 10.0. The summed E-state index contributed by atoms with van der Waals surface area (Å²) in [5.41, 5.74) is 2.29. The Morgan fingerprint density at radius 3 is 2.48 bits per heavy atom. The van der Waals surface area contributed by atoms with Gasteiger partial charge in [-0.3, -0.25) is 9.59 Å². The summed E-state index contributed by atoms with van der Waals surface area (Å²) >= 11 is 5.87. The van der Waals surface area contributed by atoms with Crippen LogP contribution in [0.5, 0.6) is 5.75 Å². The molecule has 0 spiro atoms. The fourth-order valence-electron chi connectivity index (χ4n) is 3.97. The molecule has 0 radical (unpaired) electrons. The molecule has 0 fully saturated rings. The summed E-state index contributed by atoms with van der Waals surface area (Å²) in [6.07, 6.45) is 0. The van der Waals surface area contributed by atoms with Gasteiger partial charge in [0.25, 0.3) is 5.91 Å². The van der Waals surface area contributed by atoms with Crippen molar-refractivity contribution in [3.05, 3.63) is 94.3 Å². The quantitative estimate of drug-likeness (QED) is 0.621. The van der Waals surface area contributed by atoms with Crippen LogP contribution in [0, 0.1) is 5.82 Å². The van der Waals surface area contributed by atoms with Gasteiger partial charge in [0.1, 0.15) is 11.6 Å². The largest absolute Gasteiger partial charge is 0.497 e. The molecule has 1 N–H and O–H groups in total. The van der Waals surface area contributed by atoms with E-state index in [9.17, 15) is 14.0 Å². The first-order valence-electron chi connectivity index (χ1n) is 9.66. The number of anilines is 1. The monoisotopic (exact) mass is 438 g/mol. The number of fused-ring (bicyclic) bond motifs is 1. The van der Waals surface area contributed by atoms with Crippen molar-refractivity contribution in [2.45, 2.75) is 12.0 Å². The number of nitrogens with zero attached hydrogens (tertiary/aromatic N) is 1. The van der Waals surface area contributed by atoms with Crippen LogP contribution in [0.4, 0.5) is 10.1 Å². The molecule has 1 aliphatic heterocycles. The van der Waals surface area contributed by atoms with Crippen LogP contribution in [0.1, 0.15) is 33.4 Å². The third-order valence-electron chi connectivity index (χ3n) is 5.51. The highest BCUT2D eigenvalue weighted by atomic mass is 35.5. The van der Waals surface area contributed by atoms with E-state index < -0.39 is 17.8 Å². The molecule has 0 aromatic heterocycles. The lowest BCUT2D eigenvalue weighted by Crippen LogP contribution is -2.44. The Morgan fingerprint density at radius 1 is 1.10 bits per heavy atom. The Balaban J connectivity index is 1.78. The van der Waals surface area contributed by atoms with E-state index in [-0.39, 0.29) is 16.8 Å². The Labute approximate surface area is 184 Å². The maximum atomic E-state index is 13.5. The van der Waals surface area contributed by atoms with Crippen LogP contribution < -0.4 is 10.1 Å². The van der Waals surface area contributed by atoms with Gasteiger partial charge in [-0.05, 0) is 47.5 Å². The van der Waals surface area contributed by atoms with Gasteiger partial charge in [0.05, 0.1) is 24.1 Å². The Bertz CT molecular complexity index is 1150. The van der Waals surface area contributed by atoms with Crippen molar-refractivity contribution in [2.75, 3.05) is 19.5 Å². The number of benzene rings is 3. The molecule has 2 atom stereocenters. The van der Waals surface area contributed by atoms with Crippen LogP contribution in [0.25, 0.3) is 0 Å². The van der Waals surface area contributed by atoms with Crippen LogP contribution in [-0.2, 0) is 4.79 Å². The zero-order chi connectivity index (χ0) is 22.1. The molecule has 2 unspecified atom stereocenters. The van der Waals surface area contributed by atoms with Crippen molar-refractivity contribution in [1.29, 1.82) is 0 Å². The molecule has 1 aliphatic rings. The third-order valence-corrected chi connectivity index (χ3v) is 5.80. The molecule has 4 rings (SSSR count). The fourth-order valence-corrected chi connectivity index (χ4v) is 4.15. The number of rotatable bonds is 4. The zero-order valence-electron chi connectivity index (χ0n) is 16.9. The van der Waals surface area contributed by atoms with Crippen LogP contribution in [0.15, 0.2) is 66.7 Å². The molecule has 158 valence electrons. The van der Waals surface area contributed by atoms with E-state index in [0.29, 0.717) is 22.6 Å². The van der Waals surface area contributed by atoms with Crippen molar-refractivity contribution in [2.24, 2.45) is 0 Å². The van der Waals surface area contributed by atoms with Gasteiger partial charge < -0.3 is 15.0 Å². The molecule has 1 heterocycles. The van der Waals surface area contributed by atoms with Gasteiger partial charge >= 0.3 is 0 Å². The standard InChI is InChI=1S/C24H20ClFN2O3/c1-28-22(14-7-10-16(31-2)11-8-14)21(17-5-3-4-6-18(17)24(28)30)23(29)27-15-9-12-20(26)19(25)13-15/h3-13,21-22H,1-2H3,(H,27,29). The number of halogens is 2. The van der Waals surface area contributed by atoms with Gasteiger partial charge in [-0.15, -0.1) is 0 Å². The summed E-state index contributed by atoms with van der Waals surface area (Å²) < 4.78 is 18.8. The normalized spacial score (nSPS) is 17.8. The van der Waals surface area contributed by atoms with Crippen molar-refractivity contribution >= 4 is 29.1 Å². The first-order chi connectivity index (χ1) is 14.9. The molecule has 31 heavy (non-hydrogen) atoms. The maximum absolute atomic E-state index is 13.5.